The van der Waals surface area contributed by atoms with Crippen molar-refractivity contribution in [2.75, 3.05) is 18.9 Å². The third-order valence-electron chi connectivity index (χ3n) is 6.76. The van der Waals surface area contributed by atoms with Crippen LogP contribution in [-0.2, 0) is 25.3 Å². The number of anilines is 1. The van der Waals surface area contributed by atoms with E-state index >= 15 is 0 Å². The van der Waals surface area contributed by atoms with E-state index in [1.807, 2.05) is 18.2 Å². The number of amides is 1. The SMILES string of the molecule is CNC(=O)c1cccc2c1CCN(C1CCC(Nc3cc(C(F)(F)F)nc(C(F)(F)F)c3)CC1)C2. The monoisotopic (exact) mass is 500 g/mol. The molecule has 4 rings (SSSR count). The number of benzene rings is 1. The molecule has 0 bridgehead atoms. The molecule has 2 aromatic rings. The van der Waals surface area contributed by atoms with E-state index in [1.165, 1.54) is 0 Å². The van der Waals surface area contributed by atoms with E-state index in [-0.39, 0.29) is 23.7 Å². The van der Waals surface area contributed by atoms with Crippen molar-refractivity contribution in [1.82, 2.24) is 15.2 Å². The molecule has 0 atom stereocenters. The van der Waals surface area contributed by atoms with Crippen LogP contribution in [0.25, 0.3) is 0 Å². The molecule has 5 nitrogen and oxygen atoms in total. The van der Waals surface area contributed by atoms with Gasteiger partial charge in [-0.05, 0) is 61.4 Å². The second kappa shape index (κ2) is 9.67. The maximum atomic E-state index is 13.1. The summed E-state index contributed by atoms with van der Waals surface area (Å²) in [5.41, 5.74) is -0.507. The molecule has 2 aliphatic rings. The van der Waals surface area contributed by atoms with E-state index in [9.17, 15) is 31.1 Å². The van der Waals surface area contributed by atoms with Crippen LogP contribution >= 0.6 is 0 Å². The predicted octanol–water partition coefficient (Wildman–Crippen LogP) is 5.26. The number of carbonyl (C=O) groups excluding carboxylic acids is 1. The van der Waals surface area contributed by atoms with Gasteiger partial charge < -0.3 is 10.6 Å². The number of alkyl halides is 6. The van der Waals surface area contributed by atoms with Gasteiger partial charge >= 0.3 is 12.4 Å². The molecule has 0 radical (unpaired) electrons. The number of aromatic nitrogens is 1. The van der Waals surface area contributed by atoms with Gasteiger partial charge in [-0.3, -0.25) is 9.69 Å². The first kappa shape index (κ1) is 25.3. The van der Waals surface area contributed by atoms with E-state index in [4.69, 9.17) is 0 Å². The van der Waals surface area contributed by atoms with Crippen LogP contribution in [0.15, 0.2) is 30.3 Å². The lowest BCUT2D eigenvalue weighted by atomic mass is 9.87. The molecule has 1 amide bonds. The number of pyridine rings is 1. The summed E-state index contributed by atoms with van der Waals surface area (Å²) in [5.74, 6) is -0.111. The quantitative estimate of drug-likeness (QED) is 0.563. The molecule has 1 aromatic heterocycles. The van der Waals surface area contributed by atoms with Gasteiger partial charge in [0.2, 0.25) is 0 Å². The molecule has 190 valence electrons. The second-order valence-corrected chi connectivity index (χ2v) is 9.01. The van der Waals surface area contributed by atoms with Gasteiger partial charge in [0, 0.05) is 43.5 Å². The molecule has 1 saturated carbocycles. The van der Waals surface area contributed by atoms with Crippen LogP contribution in [0.2, 0.25) is 0 Å². The molecule has 1 aliphatic carbocycles. The minimum atomic E-state index is -4.97. The standard InChI is InChI=1S/C24H26F6N4O/c1-31-22(35)19-4-2-3-14-13-34(10-9-18(14)19)17-7-5-15(6-8-17)32-16-11-20(23(25,26)27)33-21(12-16)24(28,29)30/h2-4,11-12,15,17H,5-10,13H2,1H3,(H,31,35)(H,32,33). The molecule has 1 aromatic carbocycles. The highest BCUT2D eigenvalue weighted by Gasteiger charge is 2.39. The number of carbonyl (C=O) groups is 1. The lowest BCUT2D eigenvalue weighted by Gasteiger charge is -2.40. The van der Waals surface area contributed by atoms with Gasteiger partial charge in [0.05, 0.1) is 0 Å². The van der Waals surface area contributed by atoms with Crippen LogP contribution in [-0.4, -0.2) is 41.5 Å². The van der Waals surface area contributed by atoms with Gasteiger partial charge in [-0.15, -0.1) is 0 Å². The lowest BCUT2D eigenvalue weighted by Crippen LogP contribution is -2.43. The average Bonchev–Trinajstić information content (AvgIpc) is 2.82. The predicted molar refractivity (Wildman–Crippen MR) is 118 cm³/mol. The number of hydrogen-bond donors (Lipinski definition) is 2. The van der Waals surface area contributed by atoms with Gasteiger partial charge in [0.25, 0.3) is 5.91 Å². The Balaban J connectivity index is 1.40. The van der Waals surface area contributed by atoms with Crippen LogP contribution in [0.5, 0.6) is 0 Å². The number of nitrogens with zero attached hydrogens (tertiary/aromatic N) is 2. The van der Waals surface area contributed by atoms with Crippen molar-refractivity contribution in [3.8, 4) is 0 Å². The topological polar surface area (TPSA) is 57.3 Å². The maximum absolute atomic E-state index is 13.1. The fraction of sp³-hybridized carbons (Fsp3) is 0.500. The first-order valence-corrected chi connectivity index (χ1v) is 11.5. The second-order valence-electron chi connectivity index (χ2n) is 9.01. The van der Waals surface area contributed by atoms with Crippen molar-refractivity contribution >= 4 is 11.6 Å². The third-order valence-corrected chi connectivity index (χ3v) is 6.76. The number of rotatable bonds is 4. The van der Waals surface area contributed by atoms with Gasteiger partial charge in [0.1, 0.15) is 11.4 Å². The zero-order valence-corrected chi connectivity index (χ0v) is 19.1. The molecule has 11 heteroatoms. The highest BCUT2D eigenvalue weighted by molar-refractivity contribution is 5.95. The Morgan fingerprint density at radius 3 is 2.20 bits per heavy atom. The van der Waals surface area contributed by atoms with Crippen molar-refractivity contribution in [3.05, 3.63) is 58.4 Å². The van der Waals surface area contributed by atoms with Crippen LogP contribution in [0, 0.1) is 0 Å². The van der Waals surface area contributed by atoms with Crippen molar-refractivity contribution < 1.29 is 31.1 Å². The first-order chi connectivity index (χ1) is 16.5. The highest BCUT2D eigenvalue weighted by atomic mass is 19.4. The number of halogens is 6. The van der Waals surface area contributed by atoms with Crippen LogP contribution in [0.4, 0.5) is 32.0 Å². The van der Waals surface area contributed by atoms with E-state index in [1.54, 1.807) is 7.05 Å². The maximum Gasteiger partial charge on any atom is 0.433 e. The molecule has 2 N–H and O–H groups in total. The van der Waals surface area contributed by atoms with E-state index in [0.717, 1.165) is 36.9 Å². The third kappa shape index (κ3) is 5.71. The van der Waals surface area contributed by atoms with Crippen molar-refractivity contribution in [2.45, 2.75) is 63.1 Å². The fourth-order valence-electron chi connectivity index (χ4n) is 5.02. The summed E-state index contributed by atoms with van der Waals surface area (Å²) < 4.78 is 78.5. The summed E-state index contributed by atoms with van der Waals surface area (Å²) in [6, 6.07) is 7.00. The highest BCUT2D eigenvalue weighted by Crippen LogP contribution is 2.36. The van der Waals surface area contributed by atoms with Crippen LogP contribution in [0.3, 0.4) is 0 Å². The number of fused-ring (bicyclic) bond motifs is 1. The first-order valence-electron chi connectivity index (χ1n) is 11.5. The van der Waals surface area contributed by atoms with Crippen molar-refractivity contribution in [3.63, 3.8) is 0 Å². The van der Waals surface area contributed by atoms with Crippen LogP contribution in [0.1, 0.15) is 58.6 Å². The molecule has 0 unspecified atom stereocenters. The Labute approximate surface area is 198 Å². The van der Waals surface area contributed by atoms with Crippen molar-refractivity contribution in [2.24, 2.45) is 0 Å². The minimum absolute atomic E-state index is 0.111. The van der Waals surface area contributed by atoms with Gasteiger partial charge in [0.15, 0.2) is 0 Å². The number of nitrogens with one attached hydrogen (secondary N) is 2. The van der Waals surface area contributed by atoms with E-state index in [2.05, 4.69) is 20.5 Å². The molecular formula is C24H26F6N4O. The average molecular weight is 500 g/mol. The summed E-state index contributed by atoms with van der Waals surface area (Å²) in [5, 5.41) is 5.53. The van der Waals surface area contributed by atoms with Crippen LogP contribution < -0.4 is 10.6 Å². The van der Waals surface area contributed by atoms with Crippen molar-refractivity contribution in [1.29, 1.82) is 0 Å². The number of hydrogen-bond acceptors (Lipinski definition) is 4. The minimum Gasteiger partial charge on any atom is -0.382 e. The molecular weight excluding hydrogens is 474 g/mol. The summed E-state index contributed by atoms with van der Waals surface area (Å²) in [4.78, 5) is 17.3. The summed E-state index contributed by atoms with van der Waals surface area (Å²) in [7, 11) is 1.60. The Bertz CT molecular complexity index is 1040. The summed E-state index contributed by atoms with van der Waals surface area (Å²) in [6.07, 6.45) is -6.42. The fourth-order valence-corrected chi connectivity index (χ4v) is 5.02. The van der Waals surface area contributed by atoms with E-state index < -0.39 is 23.7 Å². The lowest BCUT2D eigenvalue weighted by molar-refractivity contribution is -0.150. The van der Waals surface area contributed by atoms with E-state index in [0.29, 0.717) is 37.1 Å². The summed E-state index contributed by atoms with van der Waals surface area (Å²) in [6.45, 7) is 1.50. The molecule has 1 aliphatic heterocycles. The molecule has 0 saturated heterocycles. The zero-order valence-electron chi connectivity index (χ0n) is 19.1. The smallest absolute Gasteiger partial charge is 0.382 e. The molecule has 0 spiro atoms. The largest absolute Gasteiger partial charge is 0.433 e. The van der Waals surface area contributed by atoms with Gasteiger partial charge in [-0.25, -0.2) is 4.98 Å². The summed E-state index contributed by atoms with van der Waals surface area (Å²) >= 11 is 0. The Kier molecular flexibility index (Phi) is 6.99. The Morgan fingerprint density at radius 1 is 1.00 bits per heavy atom. The molecule has 2 heterocycles. The zero-order chi connectivity index (χ0) is 25.4. The Hall–Kier alpha value is -2.82. The molecule has 35 heavy (non-hydrogen) atoms. The Morgan fingerprint density at radius 2 is 1.63 bits per heavy atom. The normalized spacial score (nSPS) is 21.3. The molecule has 1 fully saturated rings. The van der Waals surface area contributed by atoms with Gasteiger partial charge in [-0.2, -0.15) is 26.3 Å². The van der Waals surface area contributed by atoms with Gasteiger partial charge in [-0.1, -0.05) is 12.1 Å².